The van der Waals surface area contributed by atoms with Gasteiger partial charge >= 0.3 is 0 Å². The molecule has 0 spiro atoms. The molecule has 2 heterocycles. The molecule has 3 rings (SSSR count). The second-order valence-corrected chi connectivity index (χ2v) is 6.61. The van der Waals surface area contributed by atoms with Crippen LogP contribution in [-0.4, -0.2) is 25.5 Å². The van der Waals surface area contributed by atoms with Crippen LogP contribution in [0.3, 0.4) is 0 Å². The zero-order valence-electron chi connectivity index (χ0n) is 13.1. The molecular weight excluding hydrogens is 394 g/mol. The highest BCUT2D eigenvalue weighted by molar-refractivity contribution is 9.10. The summed E-state index contributed by atoms with van der Waals surface area (Å²) in [6.07, 6.45) is 3.38. The van der Waals surface area contributed by atoms with Crippen LogP contribution < -0.4 is 5.32 Å². The molecule has 0 atom stereocenters. The van der Waals surface area contributed by atoms with E-state index < -0.39 is 0 Å². The van der Waals surface area contributed by atoms with E-state index in [4.69, 9.17) is 11.6 Å². The average Bonchev–Trinajstić information content (AvgIpc) is 3.04. The number of aryl methyl sites for hydroxylation is 2. The molecular formula is C16H15BrClN5O. The van der Waals surface area contributed by atoms with Crippen molar-refractivity contribution in [3.8, 4) is 0 Å². The van der Waals surface area contributed by atoms with Crippen molar-refractivity contribution in [2.45, 2.75) is 13.5 Å². The first-order valence-corrected chi connectivity index (χ1v) is 8.38. The molecule has 0 saturated heterocycles. The van der Waals surface area contributed by atoms with Gasteiger partial charge in [-0.1, -0.05) is 23.7 Å². The zero-order chi connectivity index (χ0) is 17.3. The first-order chi connectivity index (χ1) is 11.4. The van der Waals surface area contributed by atoms with Gasteiger partial charge in [0.25, 0.3) is 5.91 Å². The first-order valence-electron chi connectivity index (χ1n) is 7.21. The molecule has 6 nitrogen and oxygen atoms in total. The van der Waals surface area contributed by atoms with Crippen molar-refractivity contribution in [2.24, 2.45) is 7.05 Å². The van der Waals surface area contributed by atoms with Gasteiger partial charge in [0.15, 0.2) is 0 Å². The quantitative estimate of drug-likeness (QED) is 0.717. The number of hydrogen-bond donors (Lipinski definition) is 1. The molecule has 1 N–H and O–H groups in total. The number of aromatic nitrogens is 4. The standard InChI is InChI=1S/C16H15BrClN5O/c1-10-14(17)15(22(2)21-10)16(24)20-13-7-19-23(9-13)8-11-4-3-5-12(18)6-11/h3-7,9H,8H2,1-2H3,(H,20,24). The summed E-state index contributed by atoms with van der Waals surface area (Å²) in [4.78, 5) is 12.4. The number of carbonyl (C=O) groups excluding carboxylic acids is 1. The number of benzene rings is 1. The van der Waals surface area contributed by atoms with Gasteiger partial charge in [-0.25, -0.2) is 0 Å². The van der Waals surface area contributed by atoms with Crippen LogP contribution in [0.5, 0.6) is 0 Å². The molecule has 3 aromatic rings. The van der Waals surface area contributed by atoms with E-state index in [1.54, 1.807) is 28.8 Å². The molecule has 1 amide bonds. The Morgan fingerprint density at radius 1 is 1.42 bits per heavy atom. The van der Waals surface area contributed by atoms with Crippen molar-refractivity contribution in [2.75, 3.05) is 5.32 Å². The number of nitrogens with one attached hydrogen (secondary N) is 1. The average molecular weight is 409 g/mol. The highest BCUT2D eigenvalue weighted by atomic mass is 79.9. The third kappa shape index (κ3) is 3.52. The Morgan fingerprint density at radius 3 is 2.88 bits per heavy atom. The van der Waals surface area contributed by atoms with Crippen molar-refractivity contribution >= 4 is 39.1 Å². The van der Waals surface area contributed by atoms with E-state index in [1.807, 2.05) is 31.2 Å². The molecule has 0 unspecified atom stereocenters. The number of nitrogens with zero attached hydrogens (tertiary/aromatic N) is 4. The van der Waals surface area contributed by atoms with E-state index in [1.165, 1.54) is 0 Å². The number of anilines is 1. The maximum atomic E-state index is 12.4. The second kappa shape index (κ2) is 6.78. The van der Waals surface area contributed by atoms with Crippen molar-refractivity contribution in [3.63, 3.8) is 0 Å². The molecule has 0 aliphatic heterocycles. The highest BCUT2D eigenvalue weighted by Gasteiger charge is 2.18. The predicted octanol–water partition coefficient (Wildman–Crippen LogP) is 3.64. The number of hydrogen-bond acceptors (Lipinski definition) is 3. The van der Waals surface area contributed by atoms with E-state index in [2.05, 4.69) is 31.4 Å². The minimum atomic E-state index is -0.243. The summed E-state index contributed by atoms with van der Waals surface area (Å²) >= 11 is 9.38. The van der Waals surface area contributed by atoms with E-state index in [9.17, 15) is 4.79 Å². The lowest BCUT2D eigenvalue weighted by molar-refractivity contribution is 0.101. The minimum Gasteiger partial charge on any atom is -0.318 e. The van der Waals surface area contributed by atoms with Crippen molar-refractivity contribution in [1.29, 1.82) is 0 Å². The van der Waals surface area contributed by atoms with E-state index >= 15 is 0 Å². The summed E-state index contributed by atoms with van der Waals surface area (Å²) in [6.45, 7) is 2.41. The maximum absolute atomic E-state index is 12.4. The zero-order valence-corrected chi connectivity index (χ0v) is 15.5. The van der Waals surface area contributed by atoms with Crippen molar-refractivity contribution in [3.05, 3.63) is 63.1 Å². The van der Waals surface area contributed by atoms with Crippen LogP contribution in [0.15, 0.2) is 41.1 Å². The predicted molar refractivity (Wildman–Crippen MR) is 96.4 cm³/mol. The van der Waals surface area contributed by atoms with Gasteiger partial charge in [-0.2, -0.15) is 10.2 Å². The Balaban J connectivity index is 1.73. The summed E-state index contributed by atoms with van der Waals surface area (Å²) in [5, 5.41) is 12.0. The lowest BCUT2D eigenvalue weighted by Gasteiger charge is -2.04. The smallest absolute Gasteiger partial charge is 0.275 e. The van der Waals surface area contributed by atoms with Gasteiger partial charge in [-0.3, -0.25) is 14.2 Å². The van der Waals surface area contributed by atoms with Gasteiger partial charge in [0.2, 0.25) is 0 Å². The SMILES string of the molecule is Cc1nn(C)c(C(=O)Nc2cnn(Cc3cccc(Cl)c3)c2)c1Br. The summed E-state index contributed by atoms with van der Waals surface area (Å²) in [7, 11) is 1.73. The van der Waals surface area contributed by atoms with E-state index in [0.29, 0.717) is 27.4 Å². The molecule has 2 aromatic heterocycles. The van der Waals surface area contributed by atoms with Crippen LogP contribution in [0, 0.1) is 6.92 Å². The second-order valence-electron chi connectivity index (χ2n) is 5.38. The Hall–Kier alpha value is -2.12. The van der Waals surface area contributed by atoms with Gasteiger partial charge in [-0.15, -0.1) is 0 Å². The van der Waals surface area contributed by atoms with Gasteiger partial charge in [0.05, 0.1) is 28.6 Å². The number of rotatable bonds is 4. The first kappa shape index (κ1) is 16.7. The van der Waals surface area contributed by atoms with Crippen LogP contribution in [0.1, 0.15) is 21.7 Å². The van der Waals surface area contributed by atoms with Gasteiger partial charge in [0.1, 0.15) is 5.69 Å². The van der Waals surface area contributed by atoms with Crippen LogP contribution >= 0.6 is 27.5 Å². The molecule has 124 valence electrons. The Labute approximate surface area is 152 Å². The third-order valence-corrected chi connectivity index (χ3v) is 4.67. The molecule has 0 fully saturated rings. The number of carbonyl (C=O) groups is 1. The number of halogens is 2. The largest absolute Gasteiger partial charge is 0.318 e. The molecule has 0 saturated carbocycles. The molecule has 0 aliphatic carbocycles. The van der Waals surface area contributed by atoms with E-state index in [-0.39, 0.29) is 5.91 Å². The fourth-order valence-electron chi connectivity index (χ4n) is 2.41. The summed E-state index contributed by atoms with van der Waals surface area (Å²) in [6, 6.07) is 7.58. The van der Waals surface area contributed by atoms with Gasteiger partial charge in [0, 0.05) is 18.3 Å². The molecule has 0 radical (unpaired) electrons. The molecule has 0 bridgehead atoms. The molecule has 0 aliphatic rings. The van der Waals surface area contributed by atoms with Crippen LogP contribution in [-0.2, 0) is 13.6 Å². The normalized spacial score (nSPS) is 10.8. The highest BCUT2D eigenvalue weighted by Crippen LogP contribution is 2.21. The number of amides is 1. The summed E-state index contributed by atoms with van der Waals surface area (Å²) in [5.74, 6) is -0.243. The van der Waals surface area contributed by atoms with E-state index in [0.717, 1.165) is 11.3 Å². The maximum Gasteiger partial charge on any atom is 0.275 e. The van der Waals surface area contributed by atoms with Crippen LogP contribution in [0.2, 0.25) is 5.02 Å². The fraction of sp³-hybridized carbons (Fsp3) is 0.188. The molecule has 1 aromatic carbocycles. The third-order valence-electron chi connectivity index (χ3n) is 3.49. The van der Waals surface area contributed by atoms with Crippen LogP contribution in [0.4, 0.5) is 5.69 Å². The Kier molecular flexibility index (Phi) is 4.73. The van der Waals surface area contributed by atoms with Crippen molar-refractivity contribution < 1.29 is 4.79 Å². The molecule has 8 heteroatoms. The summed E-state index contributed by atoms with van der Waals surface area (Å²) in [5.41, 5.74) is 2.88. The van der Waals surface area contributed by atoms with Gasteiger partial charge in [-0.05, 0) is 40.5 Å². The Bertz CT molecular complexity index is 902. The topological polar surface area (TPSA) is 64.7 Å². The summed E-state index contributed by atoms with van der Waals surface area (Å²) < 4.78 is 3.98. The molecule has 24 heavy (non-hydrogen) atoms. The van der Waals surface area contributed by atoms with Gasteiger partial charge < -0.3 is 5.32 Å². The fourth-order valence-corrected chi connectivity index (χ4v) is 3.14. The minimum absolute atomic E-state index is 0.243. The lowest BCUT2D eigenvalue weighted by atomic mass is 10.2. The lowest BCUT2D eigenvalue weighted by Crippen LogP contribution is -2.16. The Morgan fingerprint density at radius 2 is 2.21 bits per heavy atom. The monoisotopic (exact) mass is 407 g/mol. The van der Waals surface area contributed by atoms with Crippen LogP contribution in [0.25, 0.3) is 0 Å². The van der Waals surface area contributed by atoms with Crippen molar-refractivity contribution in [1.82, 2.24) is 19.6 Å².